The van der Waals surface area contributed by atoms with Gasteiger partial charge in [-0.15, -0.1) is 0 Å². The van der Waals surface area contributed by atoms with Crippen molar-refractivity contribution >= 4 is 38.3 Å². The maximum absolute atomic E-state index is 12.5. The zero-order valence-corrected chi connectivity index (χ0v) is 32.6. The number of nitrogens with one attached hydrogen (secondary N) is 1. The van der Waals surface area contributed by atoms with Gasteiger partial charge in [-0.25, -0.2) is 0 Å². The first-order valence-electron chi connectivity index (χ1n) is 16.8. The van der Waals surface area contributed by atoms with Crippen LogP contribution in [0, 0.1) is 5.41 Å². The topological polar surface area (TPSA) is 241 Å². The van der Waals surface area contributed by atoms with Crippen LogP contribution in [0.4, 0.5) is 0 Å². The lowest BCUT2D eigenvalue weighted by molar-refractivity contribution is -0.338. The number of carbonyl (C=O) groups is 3. The van der Waals surface area contributed by atoms with Crippen molar-refractivity contribution in [3.63, 3.8) is 0 Å². The molecule has 0 aliphatic carbocycles. The molecule has 0 saturated carbocycles. The fourth-order valence-corrected chi connectivity index (χ4v) is 6.68. The van der Waals surface area contributed by atoms with Gasteiger partial charge in [0.15, 0.2) is 26.6 Å². The maximum atomic E-state index is 12.5. The number of carbonyl (C=O) groups excluding carboxylic acids is 5. The molecule has 19 heteroatoms. The molecular weight excluding hydrogens is 716 g/mol. The Morgan fingerprint density at radius 2 is 1.47 bits per heavy atom. The molecule has 3 rings (SSSR count). The smallest absolute Gasteiger partial charge is 0.373 e. The van der Waals surface area contributed by atoms with Crippen molar-refractivity contribution in [2.24, 2.45) is 5.11 Å². The third kappa shape index (κ3) is 13.3. The molecule has 2 heterocycles. The van der Waals surface area contributed by atoms with Crippen molar-refractivity contribution in [1.29, 1.82) is 5.41 Å². The summed E-state index contributed by atoms with van der Waals surface area (Å²) >= 11 is 0. The van der Waals surface area contributed by atoms with E-state index in [4.69, 9.17) is 57.3 Å². The Kier molecular flexibility index (Phi) is 17.2. The summed E-state index contributed by atoms with van der Waals surface area (Å²) in [7, 11) is -2.62. The van der Waals surface area contributed by atoms with Crippen LogP contribution in [0.3, 0.4) is 0 Å². The standard InChI is InChI=1S/C33H50N4O12Si.CO2/c1-18-26(29(42-16-23-14-12-11-13-15-23)30(46-22(5)40)32(43-18)44-19(2)34)48-31-25(36-37-35)28(45-21(4)39)27(24(47-31)17-41-20(3)38)49-50(9,10)33(6,7)8;2-1-3/h11-15,18,24-32,34H,16-17H2,1-10H3;/t18?,24?,25-,26+,27+,28?,29?,30-,31-,32-;/m0./s1. The van der Waals surface area contributed by atoms with E-state index in [0.29, 0.717) is 0 Å². The Morgan fingerprint density at radius 3 is 1.98 bits per heavy atom. The lowest BCUT2D eigenvalue weighted by atomic mass is 9.95. The first kappa shape index (κ1) is 45.0. The van der Waals surface area contributed by atoms with Gasteiger partial charge in [0.05, 0.1) is 12.7 Å². The Hall–Kier alpha value is -4.19. The summed E-state index contributed by atoms with van der Waals surface area (Å²) in [6.45, 7) is 16.6. The Labute approximate surface area is 309 Å². The molecule has 0 bridgehead atoms. The largest absolute Gasteiger partial charge is 0.463 e. The van der Waals surface area contributed by atoms with Crippen LogP contribution in [0.15, 0.2) is 35.4 Å². The third-order valence-corrected chi connectivity index (χ3v) is 13.2. The van der Waals surface area contributed by atoms with Crippen LogP contribution in [0.1, 0.15) is 61.0 Å². The van der Waals surface area contributed by atoms with E-state index < -0.39 is 87.6 Å². The average molecular weight is 767 g/mol. The molecule has 2 aliphatic heterocycles. The van der Waals surface area contributed by atoms with E-state index in [1.165, 1.54) is 27.7 Å². The minimum Gasteiger partial charge on any atom is -0.463 e. The van der Waals surface area contributed by atoms with Gasteiger partial charge in [0.25, 0.3) is 0 Å². The summed E-state index contributed by atoms with van der Waals surface area (Å²) < 4.78 is 54.6. The van der Waals surface area contributed by atoms with Gasteiger partial charge < -0.3 is 42.3 Å². The second-order valence-electron chi connectivity index (χ2n) is 13.9. The summed E-state index contributed by atoms with van der Waals surface area (Å²) in [4.78, 5) is 56.1. The molecule has 10 atom stereocenters. The van der Waals surface area contributed by atoms with Crippen molar-refractivity contribution in [1.82, 2.24) is 0 Å². The van der Waals surface area contributed by atoms with E-state index in [2.05, 4.69) is 10.0 Å². The van der Waals surface area contributed by atoms with E-state index in [1.54, 1.807) is 6.92 Å². The minimum atomic E-state index is -2.62. The number of azide groups is 1. The van der Waals surface area contributed by atoms with Crippen molar-refractivity contribution < 1.29 is 66.3 Å². The molecule has 4 unspecified atom stereocenters. The van der Waals surface area contributed by atoms with Gasteiger partial charge in [-0.1, -0.05) is 56.2 Å². The van der Waals surface area contributed by atoms with Gasteiger partial charge in [-0.05, 0) is 36.2 Å². The SMILES string of the molecule is CC(=N)O[C@@H]1OC(C)[C@@H](O[C@@H]2OC(COC(C)=O)[C@@H](O[Si](C)(C)C(C)(C)C)C(OC(C)=O)[C@@H]2N=[N+]=[N-])C(OCc2ccccc2)[C@@H]1OC(C)=O.O=C=O. The van der Waals surface area contributed by atoms with Gasteiger partial charge in [0.2, 0.25) is 6.29 Å². The van der Waals surface area contributed by atoms with Gasteiger partial charge in [0, 0.05) is 32.6 Å². The highest BCUT2D eigenvalue weighted by molar-refractivity contribution is 6.74. The molecule has 53 heavy (non-hydrogen) atoms. The number of rotatable bonds is 13. The van der Waals surface area contributed by atoms with Crippen LogP contribution in [-0.2, 0) is 72.9 Å². The Morgan fingerprint density at radius 1 is 0.887 bits per heavy atom. The normalized spacial score (nSPS) is 28.4. The lowest BCUT2D eigenvalue weighted by Gasteiger charge is -2.50. The average Bonchev–Trinajstić information content (AvgIpc) is 3.04. The highest BCUT2D eigenvalue weighted by Gasteiger charge is 2.56. The van der Waals surface area contributed by atoms with Crippen molar-refractivity contribution in [3.8, 4) is 0 Å². The number of ether oxygens (including phenoxy) is 8. The molecule has 18 nitrogen and oxygen atoms in total. The first-order chi connectivity index (χ1) is 24.8. The van der Waals surface area contributed by atoms with Crippen LogP contribution in [-0.4, -0.2) is 106 Å². The van der Waals surface area contributed by atoms with E-state index >= 15 is 0 Å². The minimum absolute atomic E-state index is 0.0605. The molecule has 2 aliphatic rings. The third-order valence-electron chi connectivity index (χ3n) is 8.69. The highest BCUT2D eigenvalue weighted by Crippen LogP contribution is 2.41. The van der Waals surface area contributed by atoms with Crippen LogP contribution in [0.25, 0.3) is 10.4 Å². The summed E-state index contributed by atoms with van der Waals surface area (Å²) in [5.41, 5.74) is 10.5. The molecule has 2 saturated heterocycles. The van der Waals surface area contributed by atoms with Gasteiger partial charge >= 0.3 is 24.1 Å². The molecule has 0 spiro atoms. The van der Waals surface area contributed by atoms with Gasteiger partial charge in [-0.3, -0.25) is 19.8 Å². The molecule has 0 radical (unpaired) electrons. The van der Waals surface area contributed by atoms with Crippen molar-refractivity contribution in [2.45, 2.75) is 141 Å². The zero-order chi connectivity index (χ0) is 40.1. The molecule has 0 amide bonds. The van der Waals surface area contributed by atoms with Crippen LogP contribution in [0.5, 0.6) is 0 Å². The van der Waals surface area contributed by atoms with Crippen LogP contribution in [0.2, 0.25) is 18.1 Å². The summed E-state index contributed by atoms with van der Waals surface area (Å²) in [6.07, 6.45) is -9.96. The highest BCUT2D eigenvalue weighted by atomic mass is 28.4. The van der Waals surface area contributed by atoms with E-state index in [1.807, 2.05) is 64.2 Å². The van der Waals surface area contributed by atoms with Gasteiger partial charge in [-0.2, -0.15) is 9.59 Å². The predicted octanol–water partition coefficient (Wildman–Crippen LogP) is 4.35. The Balaban J connectivity index is 0.00000313. The number of hydrogen-bond donors (Lipinski definition) is 1. The second kappa shape index (κ2) is 20.3. The zero-order valence-electron chi connectivity index (χ0n) is 31.6. The lowest BCUT2D eigenvalue weighted by Crippen LogP contribution is -2.66. The van der Waals surface area contributed by atoms with Gasteiger partial charge in [0.1, 0.15) is 43.2 Å². The molecule has 1 N–H and O–H groups in total. The fourth-order valence-electron chi connectivity index (χ4n) is 5.36. The molecular formula is C34H50N4O14Si. The van der Waals surface area contributed by atoms with E-state index in [-0.39, 0.29) is 30.3 Å². The predicted molar refractivity (Wildman–Crippen MR) is 185 cm³/mol. The fraction of sp³-hybridized carbons (Fsp3) is 0.676. The number of benzene rings is 1. The summed E-state index contributed by atoms with van der Waals surface area (Å²) in [5.74, 6) is -2.12. The number of hydrogen-bond acceptors (Lipinski definition) is 16. The summed E-state index contributed by atoms with van der Waals surface area (Å²) in [5, 5.41) is 11.6. The molecule has 0 aromatic heterocycles. The van der Waals surface area contributed by atoms with Crippen molar-refractivity contribution in [2.75, 3.05) is 6.61 Å². The molecule has 2 fully saturated rings. The van der Waals surface area contributed by atoms with E-state index in [9.17, 15) is 19.9 Å². The monoisotopic (exact) mass is 766 g/mol. The quantitative estimate of drug-likeness (QED) is 0.0429. The molecule has 1 aromatic rings. The molecule has 1 aromatic carbocycles. The molecule has 294 valence electrons. The second-order valence-corrected chi connectivity index (χ2v) is 18.6. The maximum Gasteiger partial charge on any atom is 0.373 e. The number of nitrogens with zero attached hydrogens (tertiary/aromatic N) is 3. The number of esters is 3. The van der Waals surface area contributed by atoms with Crippen LogP contribution >= 0.6 is 0 Å². The first-order valence-corrected chi connectivity index (χ1v) is 19.7. The van der Waals surface area contributed by atoms with Crippen LogP contribution < -0.4 is 0 Å². The Bertz CT molecular complexity index is 1480. The van der Waals surface area contributed by atoms with Crippen molar-refractivity contribution in [3.05, 3.63) is 46.3 Å². The summed E-state index contributed by atoms with van der Waals surface area (Å²) in [6, 6.07) is 7.93. The van der Waals surface area contributed by atoms with E-state index in [0.717, 1.165) is 5.56 Å².